The van der Waals surface area contributed by atoms with E-state index in [9.17, 15) is 8.42 Å². The van der Waals surface area contributed by atoms with Gasteiger partial charge in [-0.25, -0.2) is 0 Å². The van der Waals surface area contributed by atoms with Gasteiger partial charge in [-0.05, 0) is 24.1 Å². The molecule has 2 N–H and O–H groups in total. The van der Waals surface area contributed by atoms with Crippen LogP contribution >= 0.6 is 0 Å². The van der Waals surface area contributed by atoms with Crippen LogP contribution in [0.15, 0.2) is 24.3 Å². The molecule has 0 aromatic heterocycles. The van der Waals surface area contributed by atoms with Gasteiger partial charge in [0, 0.05) is 5.69 Å². The molecule has 0 heterocycles. The fraction of sp³-hybridized carbons (Fsp3) is 0.400. The Bertz CT molecular complexity index is 428. The van der Waals surface area contributed by atoms with Gasteiger partial charge in [0.25, 0.3) is 10.1 Å². The highest BCUT2D eigenvalue weighted by Crippen LogP contribution is 2.24. The van der Waals surface area contributed by atoms with E-state index < -0.39 is 16.2 Å². The average molecular weight is 229 g/mol. The molecule has 0 amide bonds. The summed E-state index contributed by atoms with van der Waals surface area (Å²) in [7, 11) is -3.44. The molecule has 15 heavy (non-hydrogen) atoms. The van der Waals surface area contributed by atoms with Crippen LogP contribution in [0.1, 0.15) is 25.0 Å². The molecular weight excluding hydrogens is 214 g/mol. The van der Waals surface area contributed by atoms with E-state index in [1.807, 2.05) is 6.92 Å². The summed E-state index contributed by atoms with van der Waals surface area (Å²) >= 11 is 0. The summed E-state index contributed by atoms with van der Waals surface area (Å²) in [4.78, 5) is 0. The Morgan fingerprint density at radius 2 is 2.13 bits per heavy atom. The van der Waals surface area contributed by atoms with Crippen molar-refractivity contribution in [1.29, 1.82) is 0 Å². The van der Waals surface area contributed by atoms with Gasteiger partial charge in [0.1, 0.15) is 6.10 Å². The minimum atomic E-state index is -3.44. The molecule has 0 aliphatic carbocycles. The largest absolute Gasteiger partial charge is 0.399 e. The van der Waals surface area contributed by atoms with E-state index >= 15 is 0 Å². The molecule has 0 saturated heterocycles. The maximum absolute atomic E-state index is 11.0. The van der Waals surface area contributed by atoms with Gasteiger partial charge in [0.15, 0.2) is 0 Å². The number of rotatable bonds is 4. The average Bonchev–Trinajstić information content (AvgIpc) is 2.13. The van der Waals surface area contributed by atoms with Crippen LogP contribution in [-0.2, 0) is 14.3 Å². The van der Waals surface area contributed by atoms with Crippen molar-refractivity contribution in [1.82, 2.24) is 0 Å². The van der Waals surface area contributed by atoms with Gasteiger partial charge in [-0.1, -0.05) is 19.1 Å². The molecule has 4 nitrogen and oxygen atoms in total. The van der Waals surface area contributed by atoms with Crippen LogP contribution in [0.2, 0.25) is 0 Å². The zero-order chi connectivity index (χ0) is 11.5. The standard InChI is InChI=1S/C10H15NO3S/c1-3-10(14-15(2,12)13)8-5-4-6-9(11)7-8/h4-7,10H,3,11H2,1-2H3. The van der Waals surface area contributed by atoms with Gasteiger partial charge in [-0.3, -0.25) is 4.18 Å². The van der Waals surface area contributed by atoms with Crippen LogP contribution in [0.25, 0.3) is 0 Å². The monoisotopic (exact) mass is 229 g/mol. The zero-order valence-corrected chi connectivity index (χ0v) is 9.62. The van der Waals surface area contributed by atoms with Crippen molar-refractivity contribution in [3.05, 3.63) is 29.8 Å². The smallest absolute Gasteiger partial charge is 0.264 e. The summed E-state index contributed by atoms with van der Waals surface area (Å²) in [5.41, 5.74) is 6.99. The second kappa shape index (κ2) is 4.63. The lowest BCUT2D eigenvalue weighted by molar-refractivity contribution is 0.211. The lowest BCUT2D eigenvalue weighted by atomic mass is 10.1. The Morgan fingerprint density at radius 1 is 1.47 bits per heavy atom. The highest BCUT2D eigenvalue weighted by molar-refractivity contribution is 7.86. The predicted molar refractivity (Wildman–Crippen MR) is 59.8 cm³/mol. The molecule has 1 rings (SSSR count). The summed E-state index contributed by atoms with van der Waals surface area (Å²) in [5, 5.41) is 0. The SMILES string of the molecule is CCC(OS(C)(=O)=O)c1cccc(N)c1. The number of hydrogen-bond donors (Lipinski definition) is 1. The second-order valence-corrected chi connectivity index (χ2v) is 4.97. The van der Waals surface area contributed by atoms with E-state index in [0.29, 0.717) is 12.1 Å². The molecule has 0 aliphatic heterocycles. The Hall–Kier alpha value is -1.07. The van der Waals surface area contributed by atoms with Crippen molar-refractivity contribution in [3.63, 3.8) is 0 Å². The molecular formula is C10H15NO3S. The number of hydrogen-bond acceptors (Lipinski definition) is 4. The maximum Gasteiger partial charge on any atom is 0.264 e. The zero-order valence-electron chi connectivity index (χ0n) is 8.80. The number of nitrogen functional groups attached to an aromatic ring is 1. The first-order valence-corrected chi connectivity index (χ1v) is 6.47. The van der Waals surface area contributed by atoms with Crippen LogP contribution in [0.3, 0.4) is 0 Å². The van der Waals surface area contributed by atoms with Crippen LogP contribution < -0.4 is 5.73 Å². The first kappa shape index (κ1) is 12.0. The number of benzene rings is 1. The summed E-state index contributed by atoms with van der Waals surface area (Å²) in [6, 6.07) is 7.05. The van der Waals surface area contributed by atoms with E-state index in [2.05, 4.69) is 0 Å². The van der Waals surface area contributed by atoms with Gasteiger partial charge in [0.2, 0.25) is 0 Å². The molecule has 0 fully saturated rings. The summed E-state index contributed by atoms with van der Waals surface area (Å²) in [6.45, 7) is 1.86. The fourth-order valence-electron chi connectivity index (χ4n) is 1.33. The van der Waals surface area contributed by atoms with E-state index in [1.165, 1.54) is 0 Å². The molecule has 1 aromatic rings. The summed E-state index contributed by atoms with van der Waals surface area (Å²) in [5.74, 6) is 0. The molecule has 0 saturated carbocycles. The molecule has 1 unspecified atom stereocenters. The predicted octanol–water partition coefficient (Wildman–Crippen LogP) is 1.70. The van der Waals surface area contributed by atoms with Gasteiger partial charge >= 0.3 is 0 Å². The van der Waals surface area contributed by atoms with Crippen molar-refractivity contribution in [2.24, 2.45) is 0 Å². The fourth-order valence-corrected chi connectivity index (χ4v) is 2.00. The van der Waals surface area contributed by atoms with Crippen LogP contribution in [0.5, 0.6) is 0 Å². The highest BCUT2D eigenvalue weighted by Gasteiger charge is 2.15. The Kier molecular flexibility index (Phi) is 3.71. The summed E-state index contributed by atoms with van der Waals surface area (Å²) in [6.07, 6.45) is 1.17. The molecule has 0 radical (unpaired) electrons. The lowest BCUT2D eigenvalue weighted by Crippen LogP contribution is -2.09. The molecule has 1 aromatic carbocycles. The Balaban J connectivity index is 2.93. The molecule has 1 atom stereocenters. The molecule has 0 aliphatic rings. The van der Waals surface area contributed by atoms with Gasteiger partial charge in [0.05, 0.1) is 6.26 Å². The molecule has 5 heteroatoms. The number of anilines is 1. The summed E-state index contributed by atoms with van der Waals surface area (Å²) < 4.78 is 27.0. The van der Waals surface area contributed by atoms with Crippen molar-refractivity contribution in [2.75, 3.05) is 12.0 Å². The molecule has 0 bridgehead atoms. The normalized spacial score (nSPS) is 13.7. The first-order valence-electron chi connectivity index (χ1n) is 4.66. The Labute approximate surface area is 90.2 Å². The van der Waals surface area contributed by atoms with Crippen molar-refractivity contribution < 1.29 is 12.6 Å². The lowest BCUT2D eigenvalue weighted by Gasteiger charge is -2.14. The van der Waals surface area contributed by atoms with Crippen LogP contribution in [0, 0.1) is 0 Å². The maximum atomic E-state index is 11.0. The first-order chi connectivity index (χ1) is 6.92. The van der Waals surface area contributed by atoms with Gasteiger partial charge in [-0.15, -0.1) is 0 Å². The third kappa shape index (κ3) is 3.89. The van der Waals surface area contributed by atoms with E-state index in [4.69, 9.17) is 9.92 Å². The van der Waals surface area contributed by atoms with Crippen LogP contribution in [-0.4, -0.2) is 14.7 Å². The molecule has 0 spiro atoms. The Morgan fingerprint density at radius 3 is 2.60 bits per heavy atom. The van der Waals surface area contributed by atoms with Crippen molar-refractivity contribution in [3.8, 4) is 0 Å². The van der Waals surface area contributed by atoms with Crippen molar-refractivity contribution >= 4 is 15.8 Å². The highest BCUT2D eigenvalue weighted by atomic mass is 32.2. The third-order valence-corrected chi connectivity index (χ3v) is 2.53. The quantitative estimate of drug-likeness (QED) is 0.630. The second-order valence-electron chi connectivity index (χ2n) is 3.37. The van der Waals surface area contributed by atoms with E-state index in [0.717, 1.165) is 11.8 Å². The van der Waals surface area contributed by atoms with E-state index in [-0.39, 0.29) is 0 Å². The van der Waals surface area contributed by atoms with Crippen LogP contribution in [0.4, 0.5) is 5.69 Å². The topological polar surface area (TPSA) is 69.4 Å². The third-order valence-electron chi connectivity index (χ3n) is 1.94. The van der Waals surface area contributed by atoms with Gasteiger partial charge < -0.3 is 5.73 Å². The van der Waals surface area contributed by atoms with Gasteiger partial charge in [-0.2, -0.15) is 8.42 Å². The van der Waals surface area contributed by atoms with E-state index in [1.54, 1.807) is 24.3 Å². The van der Waals surface area contributed by atoms with Crippen molar-refractivity contribution in [2.45, 2.75) is 19.4 Å². The number of nitrogens with two attached hydrogens (primary N) is 1. The minimum absolute atomic E-state index is 0.455. The molecule has 84 valence electrons. The minimum Gasteiger partial charge on any atom is -0.399 e.